The minimum Gasteiger partial charge on any atom is -0.371 e. The van der Waals surface area contributed by atoms with Crippen LogP contribution in [0.4, 0.5) is 10.2 Å². The number of halogens is 1. The van der Waals surface area contributed by atoms with E-state index >= 15 is 0 Å². The number of carbonyl (C=O) groups excluding carboxylic acids is 1. The molecule has 1 amide bonds. The number of aromatic nitrogens is 1. The van der Waals surface area contributed by atoms with Gasteiger partial charge in [0.05, 0.1) is 5.56 Å². The van der Waals surface area contributed by atoms with Gasteiger partial charge in [-0.1, -0.05) is 6.92 Å². The molecule has 1 atom stereocenters. The van der Waals surface area contributed by atoms with Gasteiger partial charge in [-0.3, -0.25) is 9.00 Å². The second kappa shape index (κ2) is 7.05. The summed E-state index contributed by atoms with van der Waals surface area (Å²) >= 11 is 0. The van der Waals surface area contributed by atoms with E-state index < -0.39 is 22.5 Å². The van der Waals surface area contributed by atoms with Gasteiger partial charge >= 0.3 is 0 Å². The Morgan fingerprint density at radius 3 is 2.89 bits per heavy atom. The van der Waals surface area contributed by atoms with E-state index in [4.69, 9.17) is 0 Å². The molecular weight excluding hydrogens is 257 g/mol. The Morgan fingerprint density at radius 2 is 2.28 bits per heavy atom. The van der Waals surface area contributed by atoms with Crippen LogP contribution in [0.15, 0.2) is 12.3 Å². The number of hydrogen-bond acceptors (Lipinski definition) is 4. The normalized spacial score (nSPS) is 11.9. The van der Waals surface area contributed by atoms with Gasteiger partial charge in [0.15, 0.2) is 11.6 Å². The van der Waals surface area contributed by atoms with E-state index in [1.54, 1.807) is 6.92 Å². The second-order valence-corrected chi connectivity index (χ2v) is 5.32. The lowest BCUT2D eigenvalue weighted by Gasteiger charge is -2.07. The summed E-state index contributed by atoms with van der Waals surface area (Å²) in [7, 11) is 0.581. The smallest absolute Gasteiger partial charge is 0.254 e. The highest BCUT2D eigenvalue weighted by atomic mass is 32.2. The highest BCUT2D eigenvalue weighted by Gasteiger charge is 2.14. The number of amides is 1. The lowest BCUT2D eigenvalue weighted by molar-refractivity contribution is 0.0952. The van der Waals surface area contributed by atoms with E-state index in [0.29, 0.717) is 11.5 Å². The van der Waals surface area contributed by atoms with Crippen molar-refractivity contribution in [1.29, 1.82) is 0 Å². The first-order valence-electron chi connectivity index (χ1n) is 5.55. The molecule has 0 bridgehead atoms. The first-order chi connectivity index (χ1) is 8.60. The average Bonchev–Trinajstić information content (AvgIpc) is 2.38. The summed E-state index contributed by atoms with van der Waals surface area (Å²) in [6.07, 6.45) is 1.36. The van der Waals surface area contributed by atoms with E-state index in [-0.39, 0.29) is 17.9 Å². The Bertz CT molecular complexity index is 454. The maximum atomic E-state index is 13.7. The molecule has 2 N–H and O–H groups in total. The summed E-state index contributed by atoms with van der Waals surface area (Å²) in [6.45, 7) is 2.07. The van der Waals surface area contributed by atoms with Gasteiger partial charge in [-0.15, -0.1) is 0 Å². The number of carbonyl (C=O) groups is 1. The summed E-state index contributed by atoms with van der Waals surface area (Å²) in [5.74, 6) is -0.273. The Balaban J connectivity index is 2.64. The summed E-state index contributed by atoms with van der Waals surface area (Å²) in [6, 6.07) is 1.31. The van der Waals surface area contributed by atoms with Gasteiger partial charge in [-0.05, 0) is 6.07 Å². The fourth-order valence-electron chi connectivity index (χ4n) is 1.31. The van der Waals surface area contributed by atoms with Crippen LogP contribution in [-0.4, -0.2) is 40.2 Å². The average molecular weight is 273 g/mol. The molecule has 0 radical (unpaired) electrons. The van der Waals surface area contributed by atoms with Gasteiger partial charge in [0, 0.05) is 42.1 Å². The Hall–Kier alpha value is -1.50. The number of rotatable bonds is 6. The third-order valence-corrected chi connectivity index (χ3v) is 3.61. The lowest BCUT2D eigenvalue weighted by Crippen LogP contribution is -2.29. The van der Waals surface area contributed by atoms with Crippen LogP contribution in [-0.2, 0) is 10.8 Å². The van der Waals surface area contributed by atoms with Gasteiger partial charge in [-0.2, -0.15) is 0 Å². The molecule has 0 aliphatic rings. The van der Waals surface area contributed by atoms with Gasteiger partial charge in [-0.25, -0.2) is 9.37 Å². The fraction of sp³-hybridized carbons (Fsp3) is 0.455. The van der Waals surface area contributed by atoms with Crippen LogP contribution < -0.4 is 10.6 Å². The first-order valence-corrected chi connectivity index (χ1v) is 7.04. The molecular formula is C11H16FN3O2S. The van der Waals surface area contributed by atoms with Crippen molar-refractivity contribution >= 4 is 22.5 Å². The first kappa shape index (κ1) is 14.6. The van der Waals surface area contributed by atoms with Crippen molar-refractivity contribution < 1.29 is 13.4 Å². The standard InChI is InChI=1S/C11H16FN3O2S/c1-3-18(17)7-6-15-11(16)8-4-5-14-10(13-2)9(8)12/h4-5H,3,6-7H2,1-2H3,(H,13,14)(H,15,16). The third-order valence-electron chi connectivity index (χ3n) is 2.31. The van der Waals surface area contributed by atoms with E-state index in [9.17, 15) is 13.4 Å². The largest absolute Gasteiger partial charge is 0.371 e. The van der Waals surface area contributed by atoms with Crippen molar-refractivity contribution in [3.05, 3.63) is 23.6 Å². The van der Waals surface area contributed by atoms with Crippen molar-refractivity contribution in [3.63, 3.8) is 0 Å². The number of anilines is 1. The summed E-state index contributed by atoms with van der Waals surface area (Å²) in [4.78, 5) is 15.4. The molecule has 0 saturated carbocycles. The molecule has 0 saturated heterocycles. The molecule has 1 aromatic heterocycles. The number of pyridine rings is 1. The molecule has 0 aromatic carbocycles. The highest BCUT2D eigenvalue weighted by Crippen LogP contribution is 2.13. The van der Waals surface area contributed by atoms with Crippen molar-refractivity contribution in [2.24, 2.45) is 0 Å². The topological polar surface area (TPSA) is 71.1 Å². The fourth-order valence-corrected chi connectivity index (χ4v) is 1.93. The Labute approximate surface area is 108 Å². The van der Waals surface area contributed by atoms with Crippen molar-refractivity contribution in [1.82, 2.24) is 10.3 Å². The third kappa shape index (κ3) is 3.76. The molecule has 1 heterocycles. The van der Waals surface area contributed by atoms with Crippen molar-refractivity contribution in [2.75, 3.05) is 30.4 Å². The molecule has 0 fully saturated rings. The maximum Gasteiger partial charge on any atom is 0.254 e. The van der Waals surface area contributed by atoms with Gasteiger partial charge in [0.25, 0.3) is 5.91 Å². The molecule has 0 spiro atoms. The number of hydrogen-bond donors (Lipinski definition) is 2. The monoisotopic (exact) mass is 273 g/mol. The minimum absolute atomic E-state index is 0.0276. The van der Waals surface area contributed by atoms with E-state index in [1.807, 2.05) is 0 Å². The highest BCUT2D eigenvalue weighted by molar-refractivity contribution is 7.84. The quantitative estimate of drug-likeness (QED) is 0.803. The lowest BCUT2D eigenvalue weighted by atomic mass is 10.2. The van der Waals surface area contributed by atoms with Crippen LogP contribution in [0.25, 0.3) is 0 Å². The Morgan fingerprint density at radius 1 is 1.56 bits per heavy atom. The van der Waals surface area contributed by atoms with Crippen LogP contribution in [0, 0.1) is 5.82 Å². The van der Waals surface area contributed by atoms with Crippen LogP contribution in [0.5, 0.6) is 0 Å². The van der Waals surface area contributed by atoms with Crippen LogP contribution in [0.1, 0.15) is 17.3 Å². The predicted molar refractivity (Wildman–Crippen MR) is 69.6 cm³/mol. The van der Waals surface area contributed by atoms with Gasteiger partial charge in [0.2, 0.25) is 0 Å². The van der Waals surface area contributed by atoms with Crippen LogP contribution >= 0.6 is 0 Å². The van der Waals surface area contributed by atoms with E-state index in [1.165, 1.54) is 19.3 Å². The molecule has 0 aliphatic carbocycles. The molecule has 1 unspecified atom stereocenters. The van der Waals surface area contributed by atoms with E-state index in [2.05, 4.69) is 15.6 Å². The molecule has 0 aliphatic heterocycles. The zero-order chi connectivity index (χ0) is 13.5. The second-order valence-electron chi connectivity index (χ2n) is 3.46. The molecule has 1 aromatic rings. The summed E-state index contributed by atoms with van der Waals surface area (Å²) < 4.78 is 24.9. The van der Waals surface area contributed by atoms with Crippen LogP contribution in [0.2, 0.25) is 0 Å². The van der Waals surface area contributed by atoms with Gasteiger partial charge < -0.3 is 10.6 Å². The molecule has 5 nitrogen and oxygen atoms in total. The van der Waals surface area contributed by atoms with Crippen LogP contribution in [0.3, 0.4) is 0 Å². The zero-order valence-electron chi connectivity index (χ0n) is 10.3. The Kier molecular flexibility index (Phi) is 5.70. The summed E-state index contributed by atoms with van der Waals surface area (Å²) in [5.41, 5.74) is -0.0726. The van der Waals surface area contributed by atoms with E-state index in [0.717, 1.165) is 0 Å². The molecule has 1 rings (SSSR count). The SMILES string of the molecule is CCS(=O)CCNC(=O)c1ccnc(NC)c1F. The van der Waals surface area contributed by atoms with Crippen molar-refractivity contribution in [2.45, 2.75) is 6.92 Å². The molecule has 7 heteroatoms. The zero-order valence-corrected chi connectivity index (χ0v) is 11.1. The predicted octanol–water partition coefficient (Wildman–Crippen LogP) is 0.761. The minimum atomic E-state index is -0.944. The maximum absolute atomic E-state index is 13.7. The number of nitrogens with one attached hydrogen (secondary N) is 2. The van der Waals surface area contributed by atoms with Crippen molar-refractivity contribution in [3.8, 4) is 0 Å². The molecule has 18 heavy (non-hydrogen) atoms. The molecule has 100 valence electrons. The number of nitrogens with zero attached hydrogens (tertiary/aromatic N) is 1. The van der Waals surface area contributed by atoms with Gasteiger partial charge in [0.1, 0.15) is 0 Å². The summed E-state index contributed by atoms with van der Waals surface area (Å²) in [5, 5.41) is 5.09.